The molecule has 1 heterocycles. The highest BCUT2D eigenvalue weighted by molar-refractivity contribution is 5.65. The van der Waals surface area contributed by atoms with E-state index in [4.69, 9.17) is 0 Å². The van der Waals surface area contributed by atoms with Gasteiger partial charge in [0, 0.05) is 31.7 Å². The average Bonchev–Trinajstić information content (AvgIpc) is 2.67. The quantitative estimate of drug-likeness (QED) is 0.619. The molecule has 0 bridgehead atoms. The Hall–Kier alpha value is -3.09. The van der Waals surface area contributed by atoms with Gasteiger partial charge in [-0.2, -0.15) is 18.2 Å². The summed E-state index contributed by atoms with van der Waals surface area (Å²) in [6.07, 6.45) is -3.72. The zero-order chi connectivity index (χ0) is 19.6. The summed E-state index contributed by atoms with van der Waals surface area (Å²) in [5, 5.41) is 0. The van der Waals surface area contributed by atoms with E-state index in [1.807, 2.05) is 31.2 Å². The van der Waals surface area contributed by atoms with Crippen molar-refractivity contribution in [2.24, 2.45) is 0 Å². The van der Waals surface area contributed by atoms with Crippen molar-refractivity contribution in [2.45, 2.75) is 13.1 Å². The van der Waals surface area contributed by atoms with Gasteiger partial charge in [-0.05, 0) is 31.2 Å². The summed E-state index contributed by atoms with van der Waals surface area (Å²) in [5.74, 6) is -0.0118. The number of nitrogens with zero attached hydrogens (tertiary/aromatic N) is 4. The van der Waals surface area contributed by atoms with E-state index >= 15 is 0 Å². The van der Waals surface area contributed by atoms with Crippen LogP contribution < -0.4 is 9.80 Å². The van der Waals surface area contributed by atoms with Crippen LogP contribution >= 0.6 is 0 Å². The highest BCUT2D eigenvalue weighted by atomic mass is 19.4. The summed E-state index contributed by atoms with van der Waals surface area (Å²) in [6, 6.07) is 16.4. The van der Waals surface area contributed by atoms with Crippen LogP contribution in [0.2, 0.25) is 0 Å². The molecule has 3 aromatic rings. The number of alkyl halides is 3. The minimum atomic E-state index is -4.56. The van der Waals surface area contributed by atoms with Gasteiger partial charge in [0.2, 0.25) is 5.95 Å². The van der Waals surface area contributed by atoms with E-state index in [0.717, 1.165) is 17.4 Å². The number of para-hydroxylation sites is 1. The predicted octanol–water partition coefficient (Wildman–Crippen LogP) is 5.34. The van der Waals surface area contributed by atoms with Crippen LogP contribution in [-0.2, 0) is 6.18 Å². The number of rotatable bonds is 4. The fourth-order valence-corrected chi connectivity index (χ4v) is 2.64. The lowest BCUT2D eigenvalue weighted by molar-refractivity contribution is -0.137. The van der Waals surface area contributed by atoms with Gasteiger partial charge in [-0.1, -0.05) is 35.9 Å². The molecule has 4 nitrogen and oxygen atoms in total. The summed E-state index contributed by atoms with van der Waals surface area (Å²) in [7, 11) is 3.28. The van der Waals surface area contributed by atoms with Crippen LogP contribution in [-0.4, -0.2) is 24.1 Å². The van der Waals surface area contributed by atoms with E-state index < -0.39 is 11.7 Å². The minimum Gasteiger partial charge on any atom is -0.329 e. The number of aromatic nitrogens is 2. The molecule has 0 aliphatic carbocycles. The summed E-state index contributed by atoms with van der Waals surface area (Å²) >= 11 is 0. The number of anilines is 4. The number of hydrogen-bond acceptors (Lipinski definition) is 4. The number of aryl methyl sites for hydroxylation is 1. The molecule has 140 valence electrons. The predicted molar refractivity (Wildman–Crippen MR) is 101 cm³/mol. The Labute approximate surface area is 155 Å². The van der Waals surface area contributed by atoms with Gasteiger partial charge < -0.3 is 9.80 Å². The van der Waals surface area contributed by atoms with Crippen molar-refractivity contribution >= 4 is 23.1 Å². The third-order valence-electron chi connectivity index (χ3n) is 4.24. The lowest BCUT2D eigenvalue weighted by Crippen LogP contribution is -2.21. The van der Waals surface area contributed by atoms with Crippen molar-refractivity contribution in [1.29, 1.82) is 0 Å². The van der Waals surface area contributed by atoms with E-state index in [-0.39, 0.29) is 11.8 Å². The summed E-state index contributed by atoms with van der Waals surface area (Å²) in [5.41, 5.74) is 1.60. The van der Waals surface area contributed by atoms with Crippen LogP contribution in [0.3, 0.4) is 0 Å². The van der Waals surface area contributed by atoms with Gasteiger partial charge in [0.05, 0.1) is 0 Å². The van der Waals surface area contributed by atoms with Crippen molar-refractivity contribution in [2.75, 3.05) is 23.9 Å². The first-order chi connectivity index (χ1) is 12.8. The molecule has 27 heavy (non-hydrogen) atoms. The molecule has 3 rings (SSSR count). The van der Waals surface area contributed by atoms with Crippen LogP contribution in [0, 0.1) is 6.92 Å². The molecule has 0 N–H and O–H groups in total. The molecule has 7 heteroatoms. The van der Waals surface area contributed by atoms with Gasteiger partial charge in [0.25, 0.3) is 0 Å². The van der Waals surface area contributed by atoms with Crippen molar-refractivity contribution in [3.05, 3.63) is 71.9 Å². The van der Waals surface area contributed by atoms with Gasteiger partial charge in [0.1, 0.15) is 5.56 Å². The van der Waals surface area contributed by atoms with Crippen molar-refractivity contribution < 1.29 is 13.2 Å². The maximum Gasteiger partial charge on any atom is 0.421 e. The number of halogens is 3. The third kappa shape index (κ3) is 4.02. The van der Waals surface area contributed by atoms with Gasteiger partial charge in [-0.15, -0.1) is 0 Å². The fourth-order valence-electron chi connectivity index (χ4n) is 2.64. The topological polar surface area (TPSA) is 32.3 Å². The van der Waals surface area contributed by atoms with Crippen LogP contribution in [0.15, 0.2) is 60.8 Å². The van der Waals surface area contributed by atoms with Gasteiger partial charge in [0.15, 0.2) is 5.82 Å². The Kier molecular flexibility index (Phi) is 5.03. The van der Waals surface area contributed by atoms with E-state index in [2.05, 4.69) is 9.97 Å². The summed E-state index contributed by atoms with van der Waals surface area (Å²) in [4.78, 5) is 11.3. The maximum absolute atomic E-state index is 13.5. The Balaban J connectivity index is 2.06. The first kappa shape index (κ1) is 18.7. The average molecular weight is 372 g/mol. The van der Waals surface area contributed by atoms with E-state index in [9.17, 15) is 13.2 Å². The van der Waals surface area contributed by atoms with E-state index in [1.165, 1.54) is 4.90 Å². The molecule has 0 aliphatic rings. The number of benzene rings is 2. The molecule has 0 fully saturated rings. The second-order valence-electron chi connectivity index (χ2n) is 6.19. The van der Waals surface area contributed by atoms with E-state index in [1.54, 1.807) is 49.3 Å². The molecule has 0 saturated heterocycles. The van der Waals surface area contributed by atoms with Crippen LogP contribution in [0.5, 0.6) is 0 Å². The molecule has 2 aromatic carbocycles. The second kappa shape index (κ2) is 7.26. The van der Waals surface area contributed by atoms with Crippen molar-refractivity contribution in [3.8, 4) is 0 Å². The Morgan fingerprint density at radius 3 is 2.00 bits per heavy atom. The van der Waals surface area contributed by atoms with Crippen molar-refractivity contribution in [3.63, 3.8) is 0 Å². The molecule has 0 spiro atoms. The monoisotopic (exact) mass is 372 g/mol. The molecule has 0 unspecified atom stereocenters. The van der Waals surface area contributed by atoms with Crippen LogP contribution in [0.4, 0.5) is 36.3 Å². The molecular formula is C20H19F3N4. The lowest BCUT2D eigenvalue weighted by Gasteiger charge is -2.25. The highest BCUT2D eigenvalue weighted by Crippen LogP contribution is 2.38. The summed E-state index contributed by atoms with van der Waals surface area (Å²) < 4.78 is 40.5. The Morgan fingerprint density at radius 1 is 0.815 bits per heavy atom. The zero-order valence-corrected chi connectivity index (χ0v) is 15.2. The second-order valence-corrected chi connectivity index (χ2v) is 6.19. The standard InChI is InChI=1S/C20H19F3N4/c1-14-9-11-16(12-10-14)27(3)19-24-13-17(20(21,22)23)18(25-19)26(2)15-7-5-4-6-8-15/h4-13H,1-3H3. The maximum atomic E-state index is 13.5. The van der Waals surface area contributed by atoms with Crippen LogP contribution in [0.25, 0.3) is 0 Å². The normalized spacial score (nSPS) is 11.3. The molecule has 0 amide bonds. The Morgan fingerprint density at radius 2 is 1.41 bits per heavy atom. The fraction of sp³-hybridized carbons (Fsp3) is 0.200. The molecule has 0 radical (unpaired) electrons. The van der Waals surface area contributed by atoms with E-state index in [0.29, 0.717) is 5.69 Å². The third-order valence-corrected chi connectivity index (χ3v) is 4.24. The molecule has 0 atom stereocenters. The summed E-state index contributed by atoms with van der Waals surface area (Å²) in [6.45, 7) is 1.96. The lowest BCUT2D eigenvalue weighted by atomic mass is 10.2. The SMILES string of the molecule is Cc1ccc(N(C)c2ncc(C(F)(F)F)c(N(C)c3ccccc3)n2)cc1. The number of hydrogen-bond donors (Lipinski definition) is 0. The first-order valence-corrected chi connectivity index (χ1v) is 8.31. The van der Waals surface area contributed by atoms with Gasteiger partial charge in [-0.25, -0.2) is 4.98 Å². The molecule has 0 aliphatic heterocycles. The highest BCUT2D eigenvalue weighted by Gasteiger charge is 2.36. The largest absolute Gasteiger partial charge is 0.421 e. The van der Waals surface area contributed by atoms with Gasteiger partial charge >= 0.3 is 6.18 Å². The smallest absolute Gasteiger partial charge is 0.329 e. The molecule has 0 saturated carbocycles. The zero-order valence-electron chi connectivity index (χ0n) is 15.2. The van der Waals surface area contributed by atoms with Crippen molar-refractivity contribution in [1.82, 2.24) is 9.97 Å². The molecule has 1 aromatic heterocycles. The van der Waals surface area contributed by atoms with Crippen LogP contribution in [0.1, 0.15) is 11.1 Å². The van der Waals surface area contributed by atoms with Gasteiger partial charge in [-0.3, -0.25) is 0 Å². The Bertz CT molecular complexity index is 909. The minimum absolute atomic E-state index is 0.185. The first-order valence-electron chi connectivity index (χ1n) is 8.31. The molecular weight excluding hydrogens is 353 g/mol.